The molecule has 14 heteroatoms. The molecule has 14 nitrogen and oxygen atoms in total. The third-order valence-corrected chi connectivity index (χ3v) is 7.86. The number of esters is 2. The number of hydrogen-bond acceptors (Lipinski definition) is 11. The third kappa shape index (κ3) is 18.0. The van der Waals surface area contributed by atoms with E-state index in [0.717, 1.165) is 19.3 Å². The van der Waals surface area contributed by atoms with Gasteiger partial charge in [0.15, 0.2) is 11.2 Å². The molecule has 278 valence electrons. The average molecular weight is 693 g/mol. The summed E-state index contributed by atoms with van der Waals surface area (Å²) in [4.78, 5) is 59.8. The number of H-pyrrole nitrogens is 1. The molecule has 0 saturated heterocycles. The van der Waals surface area contributed by atoms with E-state index in [1.165, 1.54) is 94.9 Å². The Bertz CT molecular complexity index is 1320. The minimum atomic E-state index is -1.00. The molecule has 0 aliphatic rings. The molecule has 2 aromatic heterocycles. The van der Waals surface area contributed by atoms with Crippen molar-refractivity contribution in [2.24, 2.45) is 0 Å². The van der Waals surface area contributed by atoms with Crippen molar-refractivity contribution in [3.05, 3.63) is 16.7 Å². The molecule has 2 rings (SSSR count). The molecule has 2 heterocycles. The molecular weight excluding hydrogens is 632 g/mol. The van der Waals surface area contributed by atoms with Gasteiger partial charge < -0.3 is 30.0 Å². The first kappa shape index (κ1) is 41.5. The highest BCUT2D eigenvalue weighted by Gasteiger charge is 2.24. The number of aromatic nitrogens is 4. The van der Waals surface area contributed by atoms with Crippen LogP contribution in [0.25, 0.3) is 11.2 Å². The van der Waals surface area contributed by atoms with E-state index in [0.29, 0.717) is 0 Å². The quantitative estimate of drug-likeness (QED) is 0.0601. The van der Waals surface area contributed by atoms with Crippen LogP contribution in [0.2, 0.25) is 0 Å². The van der Waals surface area contributed by atoms with Crippen molar-refractivity contribution in [3.8, 4) is 0 Å². The lowest BCUT2D eigenvalue weighted by Crippen LogP contribution is -2.43. The fourth-order valence-electron chi connectivity index (χ4n) is 5.14. The van der Waals surface area contributed by atoms with Gasteiger partial charge in [-0.1, -0.05) is 96.8 Å². The number of nitrogens with zero attached hydrogens (tertiary/aromatic N) is 3. The Hall–Kier alpha value is -3.68. The van der Waals surface area contributed by atoms with Crippen LogP contribution in [0.1, 0.15) is 137 Å². The third-order valence-electron chi connectivity index (χ3n) is 7.86. The molecule has 49 heavy (non-hydrogen) atoms. The number of ether oxygens (including phenoxy) is 4. The average Bonchev–Trinajstić information content (AvgIpc) is 3.44. The van der Waals surface area contributed by atoms with Crippen LogP contribution >= 0.6 is 0 Å². The zero-order valence-corrected chi connectivity index (χ0v) is 30.4. The fraction of sp³-hybridized carbons (Fsp3) is 0.771. The number of rotatable bonds is 25. The normalized spacial score (nSPS) is 12.8. The van der Waals surface area contributed by atoms with E-state index in [-0.39, 0.29) is 49.4 Å². The van der Waals surface area contributed by atoms with E-state index in [9.17, 15) is 19.2 Å². The summed E-state index contributed by atoms with van der Waals surface area (Å²) in [5.41, 5.74) is 4.74. The second-order valence-electron chi connectivity index (χ2n) is 13.6. The van der Waals surface area contributed by atoms with Crippen LogP contribution in [0, 0.1) is 0 Å². The number of nitrogens with two attached hydrogens (primary N) is 1. The molecule has 0 aromatic carbocycles. The van der Waals surface area contributed by atoms with Crippen LogP contribution in [0.4, 0.5) is 10.7 Å². The molecule has 1 unspecified atom stereocenters. The van der Waals surface area contributed by atoms with Crippen LogP contribution in [0.5, 0.6) is 0 Å². The summed E-state index contributed by atoms with van der Waals surface area (Å²) in [5.74, 6) is -1.18. The highest BCUT2D eigenvalue weighted by molar-refractivity contribution is 5.81. The molecule has 0 saturated carbocycles. The SMILES string of the molecule is CCCCCCCCCCCCCCCCCC(=O)OCC(COC(=O)[C@H](C)NC(=O)OC(C)(C)C)OCn1cnc2c(=O)[nH]c(N)nc21. The van der Waals surface area contributed by atoms with Gasteiger partial charge in [0.2, 0.25) is 5.95 Å². The molecule has 1 amide bonds. The number of aromatic amines is 1. The molecule has 2 atom stereocenters. The lowest BCUT2D eigenvalue weighted by molar-refractivity contribution is -0.158. The van der Waals surface area contributed by atoms with Gasteiger partial charge in [0.05, 0.1) is 6.33 Å². The van der Waals surface area contributed by atoms with Gasteiger partial charge in [-0.3, -0.25) is 19.1 Å². The van der Waals surface area contributed by atoms with Crippen molar-refractivity contribution in [1.82, 2.24) is 24.8 Å². The summed E-state index contributed by atoms with van der Waals surface area (Å²) in [6, 6.07) is -1.00. The van der Waals surface area contributed by atoms with Crippen LogP contribution in [0.15, 0.2) is 11.1 Å². The lowest BCUT2D eigenvalue weighted by Gasteiger charge is -2.22. The van der Waals surface area contributed by atoms with Crippen LogP contribution in [-0.4, -0.2) is 68.5 Å². The summed E-state index contributed by atoms with van der Waals surface area (Å²) in [7, 11) is 0. The van der Waals surface area contributed by atoms with Gasteiger partial charge in [-0.05, 0) is 34.1 Å². The summed E-state index contributed by atoms with van der Waals surface area (Å²) in [6.45, 7) is 8.26. The van der Waals surface area contributed by atoms with Crippen molar-refractivity contribution in [1.29, 1.82) is 0 Å². The van der Waals surface area contributed by atoms with Crippen molar-refractivity contribution >= 4 is 35.1 Å². The van der Waals surface area contributed by atoms with Crippen molar-refractivity contribution < 1.29 is 33.3 Å². The van der Waals surface area contributed by atoms with Gasteiger partial charge in [-0.25, -0.2) is 14.6 Å². The molecule has 2 aromatic rings. The molecule has 0 aliphatic carbocycles. The smallest absolute Gasteiger partial charge is 0.408 e. The standard InChI is InChI=1S/C35H60N6O8/c1-6-7-8-9-10-11-12-13-14-15-16-17-18-19-20-21-28(42)46-22-27(23-47-32(44)26(2)38-34(45)49-35(3,4)5)48-25-41-24-37-29-30(41)39-33(36)40-31(29)43/h24,26-27H,6-23,25H2,1-5H3,(H,38,45)(H3,36,39,40,43)/t26-,27?/m0/s1. The first-order valence-corrected chi connectivity index (χ1v) is 18.0. The van der Waals surface area contributed by atoms with Crippen LogP contribution < -0.4 is 16.6 Å². The maximum Gasteiger partial charge on any atom is 0.408 e. The summed E-state index contributed by atoms with van der Waals surface area (Å²) in [5, 5.41) is 2.43. The van der Waals surface area contributed by atoms with Crippen molar-refractivity contribution in [3.63, 3.8) is 0 Å². The van der Waals surface area contributed by atoms with Crippen LogP contribution in [0.3, 0.4) is 0 Å². The van der Waals surface area contributed by atoms with E-state index in [1.807, 2.05) is 0 Å². The number of fused-ring (bicyclic) bond motifs is 1. The van der Waals surface area contributed by atoms with Crippen LogP contribution in [-0.2, 0) is 35.3 Å². The number of hydrogen-bond donors (Lipinski definition) is 3. The van der Waals surface area contributed by atoms with E-state index in [4.69, 9.17) is 24.7 Å². The first-order chi connectivity index (χ1) is 23.4. The Morgan fingerprint density at radius 3 is 2.02 bits per heavy atom. The number of nitrogen functional groups attached to an aromatic ring is 1. The number of carbonyl (C=O) groups is 3. The number of unbranched alkanes of at least 4 members (excludes halogenated alkanes) is 14. The monoisotopic (exact) mass is 692 g/mol. The zero-order chi connectivity index (χ0) is 36.1. The number of amides is 1. The van der Waals surface area contributed by atoms with Gasteiger partial charge in [0.25, 0.3) is 5.56 Å². The Labute approximate surface area is 290 Å². The second-order valence-corrected chi connectivity index (χ2v) is 13.6. The summed E-state index contributed by atoms with van der Waals surface area (Å²) >= 11 is 0. The molecule has 0 spiro atoms. The van der Waals surface area contributed by atoms with Gasteiger partial charge in [-0.15, -0.1) is 0 Å². The highest BCUT2D eigenvalue weighted by Crippen LogP contribution is 2.14. The van der Waals surface area contributed by atoms with Crippen molar-refractivity contribution in [2.45, 2.75) is 162 Å². The fourth-order valence-corrected chi connectivity index (χ4v) is 5.14. The predicted molar refractivity (Wildman–Crippen MR) is 188 cm³/mol. The minimum Gasteiger partial charge on any atom is -0.463 e. The van der Waals surface area contributed by atoms with E-state index < -0.39 is 35.4 Å². The topological polar surface area (TPSA) is 190 Å². The number of carbonyl (C=O) groups excluding carboxylic acids is 3. The summed E-state index contributed by atoms with van der Waals surface area (Å²) < 4.78 is 23.4. The Morgan fingerprint density at radius 1 is 0.898 bits per heavy atom. The van der Waals surface area contributed by atoms with Gasteiger partial charge in [-0.2, -0.15) is 4.98 Å². The maximum atomic E-state index is 12.6. The molecule has 4 N–H and O–H groups in total. The minimum absolute atomic E-state index is 0.0797. The number of alkyl carbamates (subject to hydrolysis) is 1. The van der Waals surface area contributed by atoms with Gasteiger partial charge in [0, 0.05) is 6.42 Å². The Kier molecular flexibility index (Phi) is 19.4. The molecule has 0 radical (unpaired) electrons. The lowest BCUT2D eigenvalue weighted by atomic mass is 10.0. The molecule has 0 aliphatic heterocycles. The molecular formula is C35H60N6O8. The second kappa shape index (κ2) is 22.9. The van der Waals surface area contributed by atoms with Crippen molar-refractivity contribution in [2.75, 3.05) is 18.9 Å². The predicted octanol–water partition coefficient (Wildman–Crippen LogP) is 6.31. The van der Waals surface area contributed by atoms with Gasteiger partial charge >= 0.3 is 18.0 Å². The number of anilines is 1. The maximum absolute atomic E-state index is 12.6. The first-order valence-electron chi connectivity index (χ1n) is 18.0. The number of nitrogens with one attached hydrogen (secondary N) is 2. The van der Waals surface area contributed by atoms with E-state index in [2.05, 4.69) is 27.2 Å². The molecule has 0 bridgehead atoms. The Balaban J connectivity index is 1.74. The molecule has 0 fully saturated rings. The van der Waals surface area contributed by atoms with E-state index >= 15 is 0 Å². The largest absolute Gasteiger partial charge is 0.463 e. The highest BCUT2D eigenvalue weighted by atomic mass is 16.6. The van der Waals surface area contributed by atoms with Gasteiger partial charge in [0.1, 0.15) is 37.7 Å². The Morgan fingerprint density at radius 2 is 1.45 bits per heavy atom. The number of imidazole rings is 1. The zero-order valence-electron chi connectivity index (χ0n) is 30.4. The summed E-state index contributed by atoms with van der Waals surface area (Å²) in [6.07, 6.45) is 18.6. The van der Waals surface area contributed by atoms with E-state index in [1.54, 1.807) is 20.8 Å².